The normalized spacial score (nSPS) is 12.5. The van der Waals surface area contributed by atoms with Crippen LogP contribution in [0.5, 0.6) is 5.88 Å². The molecule has 0 saturated heterocycles. The third-order valence-corrected chi connectivity index (χ3v) is 4.40. The van der Waals surface area contributed by atoms with E-state index in [2.05, 4.69) is 15.3 Å². The standard InChI is InChI=1S/C15H14FN3OS/c1-17-13(14-15(20-2)19-6-5-18-14)12-7-9-3-4-10(16)8-11(9)21-12/h3-8,13,17H,1-2H3. The Morgan fingerprint density at radius 3 is 2.81 bits per heavy atom. The van der Waals surface area contributed by atoms with Crippen molar-refractivity contribution in [2.45, 2.75) is 6.04 Å². The van der Waals surface area contributed by atoms with E-state index in [1.54, 1.807) is 31.6 Å². The summed E-state index contributed by atoms with van der Waals surface area (Å²) in [5.41, 5.74) is 0.717. The predicted octanol–water partition coefficient (Wildman–Crippen LogP) is 3.15. The topological polar surface area (TPSA) is 47.0 Å². The summed E-state index contributed by atoms with van der Waals surface area (Å²) in [5.74, 6) is 0.259. The Hall–Kier alpha value is -2.05. The molecule has 0 bridgehead atoms. The first-order chi connectivity index (χ1) is 10.2. The van der Waals surface area contributed by atoms with E-state index in [-0.39, 0.29) is 11.9 Å². The summed E-state index contributed by atoms with van der Waals surface area (Å²) in [7, 11) is 3.42. The molecule has 0 saturated carbocycles. The number of aromatic nitrogens is 2. The summed E-state index contributed by atoms with van der Waals surface area (Å²) in [6.45, 7) is 0. The SMILES string of the molecule is CNC(c1cc2ccc(F)cc2s1)c1nccnc1OC. The third kappa shape index (κ3) is 2.59. The van der Waals surface area contributed by atoms with Crippen molar-refractivity contribution < 1.29 is 9.13 Å². The zero-order valence-corrected chi connectivity index (χ0v) is 12.4. The molecule has 1 N–H and O–H groups in total. The second-order valence-corrected chi connectivity index (χ2v) is 5.62. The van der Waals surface area contributed by atoms with Gasteiger partial charge in [-0.25, -0.2) is 9.37 Å². The first-order valence-corrected chi connectivity index (χ1v) is 7.25. The fourth-order valence-corrected chi connectivity index (χ4v) is 3.48. The van der Waals surface area contributed by atoms with Crippen LogP contribution < -0.4 is 10.1 Å². The van der Waals surface area contributed by atoms with Gasteiger partial charge in [-0.15, -0.1) is 11.3 Å². The zero-order valence-electron chi connectivity index (χ0n) is 11.6. The first-order valence-electron chi connectivity index (χ1n) is 6.44. The van der Waals surface area contributed by atoms with Crippen molar-refractivity contribution in [2.75, 3.05) is 14.2 Å². The monoisotopic (exact) mass is 303 g/mol. The number of nitrogens with one attached hydrogen (secondary N) is 1. The van der Waals surface area contributed by atoms with Crippen LogP contribution in [0.4, 0.5) is 4.39 Å². The molecule has 0 amide bonds. The molecular weight excluding hydrogens is 289 g/mol. The lowest BCUT2D eigenvalue weighted by Gasteiger charge is -2.15. The highest BCUT2D eigenvalue weighted by molar-refractivity contribution is 7.19. The van der Waals surface area contributed by atoms with Gasteiger partial charge < -0.3 is 10.1 Å². The third-order valence-electron chi connectivity index (χ3n) is 3.23. The molecular formula is C15H14FN3OS. The average Bonchev–Trinajstić information content (AvgIpc) is 2.91. The molecule has 0 aliphatic rings. The predicted molar refractivity (Wildman–Crippen MR) is 81.3 cm³/mol. The van der Waals surface area contributed by atoms with Gasteiger partial charge in [0.25, 0.3) is 0 Å². The molecule has 0 aliphatic carbocycles. The number of halogens is 1. The summed E-state index contributed by atoms with van der Waals surface area (Å²) >= 11 is 1.53. The van der Waals surface area contributed by atoms with E-state index in [9.17, 15) is 4.39 Å². The van der Waals surface area contributed by atoms with Gasteiger partial charge in [0.1, 0.15) is 11.5 Å². The number of thiophene rings is 1. The zero-order chi connectivity index (χ0) is 14.8. The second kappa shape index (κ2) is 5.75. The van der Waals surface area contributed by atoms with E-state index >= 15 is 0 Å². The largest absolute Gasteiger partial charge is 0.480 e. The Labute approximate surface area is 125 Å². The number of hydrogen-bond donors (Lipinski definition) is 1. The number of nitrogens with zero attached hydrogens (tertiary/aromatic N) is 2. The Kier molecular flexibility index (Phi) is 3.81. The van der Waals surface area contributed by atoms with Crippen molar-refractivity contribution in [2.24, 2.45) is 0 Å². The van der Waals surface area contributed by atoms with Gasteiger partial charge >= 0.3 is 0 Å². The van der Waals surface area contributed by atoms with Crippen molar-refractivity contribution >= 4 is 21.4 Å². The summed E-state index contributed by atoms with van der Waals surface area (Å²) in [6, 6.07) is 6.69. The number of ether oxygens (including phenoxy) is 1. The number of methoxy groups -OCH3 is 1. The van der Waals surface area contributed by atoms with Gasteiger partial charge in [-0.1, -0.05) is 6.07 Å². The molecule has 3 aromatic rings. The molecule has 4 nitrogen and oxygen atoms in total. The number of fused-ring (bicyclic) bond motifs is 1. The van der Waals surface area contributed by atoms with Gasteiger partial charge in [0.05, 0.1) is 13.2 Å². The van der Waals surface area contributed by atoms with E-state index in [1.807, 2.05) is 13.1 Å². The van der Waals surface area contributed by atoms with Crippen molar-refractivity contribution in [1.29, 1.82) is 0 Å². The van der Waals surface area contributed by atoms with Crippen LogP contribution in [0.3, 0.4) is 0 Å². The molecule has 1 aromatic carbocycles. The van der Waals surface area contributed by atoms with Crippen LogP contribution in [0.2, 0.25) is 0 Å². The minimum absolute atomic E-state index is 0.144. The highest BCUT2D eigenvalue weighted by Gasteiger charge is 2.21. The molecule has 2 heterocycles. The quantitative estimate of drug-likeness (QED) is 0.804. The molecule has 0 fully saturated rings. The maximum Gasteiger partial charge on any atom is 0.237 e. The van der Waals surface area contributed by atoms with Crippen molar-refractivity contribution in [3.05, 3.63) is 53.0 Å². The summed E-state index contributed by atoms with van der Waals surface area (Å²) in [4.78, 5) is 9.59. The van der Waals surface area contributed by atoms with E-state index in [0.717, 1.165) is 20.7 Å². The lowest BCUT2D eigenvalue weighted by atomic mass is 10.1. The van der Waals surface area contributed by atoms with Crippen LogP contribution in [0.1, 0.15) is 16.6 Å². The van der Waals surface area contributed by atoms with E-state index in [1.165, 1.54) is 17.4 Å². The summed E-state index contributed by atoms with van der Waals surface area (Å²) < 4.78 is 19.5. The lowest BCUT2D eigenvalue weighted by molar-refractivity contribution is 0.384. The van der Waals surface area contributed by atoms with Crippen LogP contribution in [0, 0.1) is 5.82 Å². The Morgan fingerprint density at radius 2 is 2.05 bits per heavy atom. The number of rotatable bonds is 4. The van der Waals surface area contributed by atoms with Crippen LogP contribution >= 0.6 is 11.3 Å². The molecule has 0 spiro atoms. The molecule has 0 radical (unpaired) electrons. The van der Waals surface area contributed by atoms with Gasteiger partial charge in [0, 0.05) is 22.0 Å². The highest BCUT2D eigenvalue weighted by Crippen LogP contribution is 2.34. The fraction of sp³-hybridized carbons (Fsp3) is 0.200. The van der Waals surface area contributed by atoms with Gasteiger partial charge in [-0.05, 0) is 30.6 Å². The Morgan fingerprint density at radius 1 is 1.24 bits per heavy atom. The van der Waals surface area contributed by atoms with Crippen molar-refractivity contribution in [3.63, 3.8) is 0 Å². The van der Waals surface area contributed by atoms with Crippen LogP contribution in [-0.2, 0) is 0 Å². The first kappa shape index (κ1) is 13.9. The van der Waals surface area contributed by atoms with Gasteiger partial charge in [-0.2, -0.15) is 0 Å². The average molecular weight is 303 g/mol. The summed E-state index contributed by atoms with van der Waals surface area (Å²) in [5, 5.41) is 4.23. The molecule has 6 heteroatoms. The molecule has 2 aromatic heterocycles. The minimum Gasteiger partial charge on any atom is -0.480 e. The number of benzene rings is 1. The van der Waals surface area contributed by atoms with Crippen LogP contribution in [0.25, 0.3) is 10.1 Å². The molecule has 3 rings (SSSR count). The van der Waals surface area contributed by atoms with Crippen molar-refractivity contribution in [1.82, 2.24) is 15.3 Å². The van der Waals surface area contributed by atoms with Crippen molar-refractivity contribution in [3.8, 4) is 5.88 Å². The summed E-state index contributed by atoms with van der Waals surface area (Å²) in [6.07, 6.45) is 3.23. The van der Waals surface area contributed by atoms with E-state index < -0.39 is 0 Å². The maximum atomic E-state index is 13.3. The fourth-order valence-electron chi connectivity index (χ4n) is 2.27. The van der Waals surface area contributed by atoms with Gasteiger partial charge in [0.2, 0.25) is 5.88 Å². The van der Waals surface area contributed by atoms with E-state index in [0.29, 0.717) is 5.88 Å². The van der Waals surface area contributed by atoms with Crippen LogP contribution in [0.15, 0.2) is 36.7 Å². The molecule has 21 heavy (non-hydrogen) atoms. The van der Waals surface area contributed by atoms with Crippen LogP contribution in [-0.4, -0.2) is 24.1 Å². The maximum absolute atomic E-state index is 13.3. The van der Waals surface area contributed by atoms with Gasteiger partial charge in [0.15, 0.2) is 0 Å². The minimum atomic E-state index is -0.228. The lowest BCUT2D eigenvalue weighted by Crippen LogP contribution is -2.19. The van der Waals surface area contributed by atoms with Gasteiger partial charge in [-0.3, -0.25) is 4.98 Å². The number of hydrogen-bond acceptors (Lipinski definition) is 5. The molecule has 108 valence electrons. The molecule has 0 aliphatic heterocycles. The molecule has 1 unspecified atom stereocenters. The Balaban J connectivity index is 2.09. The molecule has 1 atom stereocenters. The Bertz CT molecular complexity index is 774. The second-order valence-electron chi connectivity index (χ2n) is 4.50. The van der Waals surface area contributed by atoms with E-state index in [4.69, 9.17) is 4.74 Å². The highest BCUT2D eigenvalue weighted by atomic mass is 32.1. The smallest absolute Gasteiger partial charge is 0.237 e.